The molecule has 0 aliphatic carbocycles. The molecule has 1 N–H and O–H groups in total. The molecule has 0 aliphatic rings. The van der Waals surface area contributed by atoms with Crippen molar-refractivity contribution in [2.24, 2.45) is 0 Å². The summed E-state index contributed by atoms with van der Waals surface area (Å²) in [6.07, 6.45) is -1.22. The normalized spacial score (nSPS) is 12.5. The first-order valence-electron chi connectivity index (χ1n) is 10.2. The number of esters is 1. The number of anilines is 1. The summed E-state index contributed by atoms with van der Waals surface area (Å²) in [6.45, 7) is 3.40. The molecule has 0 bridgehead atoms. The second-order valence-corrected chi connectivity index (χ2v) is 7.51. The van der Waals surface area contributed by atoms with Crippen molar-refractivity contribution in [2.75, 3.05) is 5.32 Å². The van der Waals surface area contributed by atoms with Crippen LogP contribution in [-0.4, -0.2) is 29.7 Å². The average molecular weight is 433 g/mol. The predicted molar refractivity (Wildman–Crippen MR) is 120 cm³/mol. The minimum atomic E-state index is -1.05. The fourth-order valence-corrected chi connectivity index (χ4v) is 3.13. The van der Waals surface area contributed by atoms with Gasteiger partial charge in [-0.1, -0.05) is 60.2 Å². The molecule has 2 atom stereocenters. The van der Waals surface area contributed by atoms with E-state index in [9.17, 15) is 18.8 Å². The van der Waals surface area contributed by atoms with Gasteiger partial charge in [-0.15, -0.1) is 0 Å². The van der Waals surface area contributed by atoms with Crippen molar-refractivity contribution in [3.8, 4) is 0 Å². The molecule has 0 spiro atoms. The Morgan fingerprint density at radius 2 is 1.50 bits per heavy atom. The Labute approximate surface area is 186 Å². The number of carbonyl (C=O) groups excluding carboxylic acids is 3. The number of carbonyl (C=O) groups is 3. The van der Waals surface area contributed by atoms with Crippen LogP contribution < -0.4 is 5.32 Å². The highest BCUT2D eigenvalue weighted by Crippen LogP contribution is 2.16. The summed E-state index contributed by atoms with van der Waals surface area (Å²) in [7, 11) is 0. The zero-order valence-corrected chi connectivity index (χ0v) is 17.9. The number of Topliss-reactive ketones (excluding diaryl/α,β-unsaturated/α-hetero) is 2. The third kappa shape index (κ3) is 6.11. The Kier molecular flexibility index (Phi) is 7.49. The zero-order chi connectivity index (χ0) is 23.1. The fourth-order valence-electron chi connectivity index (χ4n) is 3.13. The molecule has 0 amide bonds. The Morgan fingerprint density at radius 3 is 2.12 bits per heavy atom. The zero-order valence-electron chi connectivity index (χ0n) is 17.9. The lowest BCUT2D eigenvalue weighted by atomic mass is 10.0. The Balaban J connectivity index is 1.75. The van der Waals surface area contributed by atoms with Gasteiger partial charge in [-0.2, -0.15) is 0 Å². The van der Waals surface area contributed by atoms with E-state index in [4.69, 9.17) is 4.74 Å². The monoisotopic (exact) mass is 433 g/mol. The van der Waals surface area contributed by atoms with Crippen LogP contribution in [0.1, 0.15) is 39.6 Å². The van der Waals surface area contributed by atoms with E-state index in [1.165, 1.54) is 31.2 Å². The molecular weight excluding hydrogens is 409 g/mol. The van der Waals surface area contributed by atoms with Crippen LogP contribution in [0.5, 0.6) is 0 Å². The molecule has 0 aliphatic heterocycles. The molecule has 32 heavy (non-hydrogen) atoms. The van der Waals surface area contributed by atoms with Crippen LogP contribution >= 0.6 is 0 Å². The third-order valence-electron chi connectivity index (χ3n) is 4.95. The number of ether oxygens (including phenoxy) is 1. The van der Waals surface area contributed by atoms with E-state index in [1.54, 1.807) is 54.6 Å². The van der Waals surface area contributed by atoms with Crippen LogP contribution in [0.2, 0.25) is 0 Å². The molecule has 5 nitrogen and oxygen atoms in total. The van der Waals surface area contributed by atoms with Gasteiger partial charge in [0.1, 0.15) is 11.9 Å². The Morgan fingerprint density at radius 1 is 0.875 bits per heavy atom. The van der Waals surface area contributed by atoms with Crippen LogP contribution in [0.4, 0.5) is 10.1 Å². The maximum atomic E-state index is 13.3. The Bertz CT molecular complexity index is 1080. The van der Waals surface area contributed by atoms with Crippen molar-refractivity contribution in [2.45, 2.75) is 32.4 Å². The fraction of sp³-hybridized carbons (Fsp3) is 0.192. The second kappa shape index (κ2) is 10.5. The highest BCUT2D eigenvalue weighted by atomic mass is 19.1. The van der Waals surface area contributed by atoms with Crippen molar-refractivity contribution < 1.29 is 23.5 Å². The number of halogens is 1. The minimum absolute atomic E-state index is 0.189. The van der Waals surface area contributed by atoms with Crippen molar-refractivity contribution in [1.82, 2.24) is 0 Å². The van der Waals surface area contributed by atoms with Crippen molar-refractivity contribution in [3.05, 3.63) is 101 Å². The average Bonchev–Trinajstić information content (AvgIpc) is 2.80. The van der Waals surface area contributed by atoms with E-state index < -0.39 is 23.9 Å². The van der Waals surface area contributed by atoms with E-state index >= 15 is 0 Å². The molecule has 0 radical (unpaired) electrons. The predicted octanol–water partition coefficient (Wildman–Crippen LogP) is 5.00. The van der Waals surface area contributed by atoms with Gasteiger partial charge in [-0.05, 0) is 38.1 Å². The summed E-state index contributed by atoms with van der Waals surface area (Å²) in [4.78, 5) is 38.3. The van der Waals surface area contributed by atoms with Gasteiger partial charge in [0.05, 0.1) is 0 Å². The molecule has 3 rings (SSSR count). The summed E-state index contributed by atoms with van der Waals surface area (Å²) in [5.74, 6) is -1.77. The van der Waals surface area contributed by atoms with Gasteiger partial charge in [0, 0.05) is 23.2 Å². The number of nitrogens with one attached hydrogen (secondary N) is 1. The SMILES string of the molecule is Cc1ccc(C(=O)[C@@H](C)OC(=O)[C@H](CC(=O)c2ccccc2)Nc2ccc(F)cc2)cc1. The first kappa shape index (κ1) is 22.9. The summed E-state index contributed by atoms with van der Waals surface area (Å²) in [5, 5.41) is 2.92. The van der Waals surface area contributed by atoms with Crippen LogP contribution in [0.3, 0.4) is 0 Å². The first-order valence-corrected chi connectivity index (χ1v) is 10.2. The number of ketones is 2. The van der Waals surface area contributed by atoms with Gasteiger partial charge < -0.3 is 10.1 Å². The van der Waals surface area contributed by atoms with E-state index in [1.807, 2.05) is 6.92 Å². The molecule has 0 heterocycles. The topological polar surface area (TPSA) is 72.5 Å². The maximum absolute atomic E-state index is 13.3. The molecule has 3 aromatic carbocycles. The molecule has 6 heteroatoms. The van der Waals surface area contributed by atoms with Crippen LogP contribution in [0, 0.1) is 12.7 Å². The van der Waals surface area contributed by atoms with E-state index in [2.05, 4.69) is 5.32 Å². The summed E-state index contributed by atoms with van der Waals surface area (Å²) >= 11 is 0. The number of rotatable bonds is 9. The highest BCUT2D eigenvalue weighted by Gasteiger charge is 2.28. The highest BCUT2D eigenvalue weighted by molar-refractivity contribution is 6.02. The number of aryl methyl sites for hydroxylation is 1. The maximum Gasteiger partial charge on any atom is 0.329 e. The molecule has 0 saturated carbocycles. The summed E-state index contributed by atoms with van der Waals surface area (Å²) in [6, 6.07) is 19.9. The van der Waals surface area contributed by atoms with Gasteiger partial charge >= 0.3 is 5.97 Å². The van der Waals surface area contributed by atoms with Gasteiger partial charge in [0.25, 0.3) is 0 Å². The molecule has 0 saturated heterocycles. The van der Waals surface area contributed by atoms with Crippen molar-refractivity contribution in [3.63, 3.8) is 0 Å². The van der Waals surface area contributed by atoms with E-state index in [0.29, 0.717) is 16.8 Å². The molecular formula is C26H24FNO4. The lowest BCUT2D eigenvalue weighted by Gasteiger charge is -2.21. The minimum Gasteiger partial charge on any atom is -0.453 e. The molecule has 0 fully saturated rings. The lowest BCUT2D eigenvalue weighted by molar-refractivity contribution is -0.147. The first-order chi connectivity index (χ1) is 15.3. The van der Waals surface area contributed by atoms with Crippen LogP contribution in [0.25, 0.3) is 0 Å². The second-order valence-electron chi connectivity index (χ2n) is 7.51. The summed E-state index contributed by atoms with van der Waals surface area (Å²) in [5.41, 5.74) is 2.34. The summed E-state index contributed by atoms with van der Waals surface area (Å²) < 4.78 is 18.7. The molecule has 3 aromatic rings. The Hall–Kier alpha value is -3.80. The van der Waals surface area contributed by atoms with Crippen molar-refractivity contribution >= 4 is 23.2 Å². The number of hydrogen-bond donors (Lipinski definition) is 1. The van der Waals surface area contributed by atoms with Gasteiger partial charge in [-0.3, -0.25) is 9.59 Å². The van der Waals surface area contributed by atoms with Gasteiger partial charge in [0.15, 0.2) is 11.9 Å². The van der Waals surface area contributed by atoms with Crippen LogP contribution in [0.15, 0.2) is 78.9 Å². The van der Waals surface area contributed by atoms with E-state index in [-0.39, 0.29) is 18.0 Å². The van der Waals surface area contributed by atoms with E-state index in [0.717, 1.165) is 5.56 Å². The smallest absolute Gasteiger partial charge is 0.329 e. The lowest BCUT2D eigenvalue weighted by Crippen LogP contribution is -2.37. The van der Waals surface area contributed by atoms with Gasteiger partial charge in [0.2, 0.25) is 5.78 Å². The quantitative estimate of drug-likeness (QED) is 0.380. The number of benzene rings is 3. The van der Waals surface area contributed by atoms with Gasteiger partial charge in [-0.25, -0.2) is 9.18 Å². The standard InChI is InChI=1S/C26H24FNO4/c1-17-8-10-20(11-9-17)25(30)18(2)32-26(31)23(28-22-14-12-21(27)13-15-22)16-24(29)19-6-4-3-5-7-19/h3-15,18,23,28H,16H2,1-2H3/t18-,23+/m1/s1. The largest absolute Gasteiger partial charge is 0.453 e. The molecule has 164 valence electrons. The van der Waals surface area contributed by atoms with Crippen LogP contribution in [-0.2, 0) is 9.53 Å². The molecule has 0 aromatic heterocycles. The van der Waals surface area contributed by atoms with Crippen molar-refractivity contribution in [1.29, 1.82) is 0 Å². The third-order valence-corrected chi connectivity index (χ3v) is 4.95. The number of hydrogen-bond acceptors (Lipinski definition) is 5. The molecule has 0 unspecified atom stereocenters.